The highest BCUT2D eigenvalue weighted by atomic mass is 32.2. The molecule has 3 aromatic carbocycles. The normalized spacial score (nSPS) is 24.5. The van der Waals surface area contributed by atoms with Gasteiger partial charge in [0.1, 0.15) is 5.75 Å². The van der Waals surface area contributed by atoms with E-state index in [4.69, 9.17) is 0 Å². The molecular formula is C34H36N4O2S. The van der Waals surface area contributed by atoms with Crippen LogP contribution in [0.3, 0.4) is 0 Å². The predicted molar refractivity (Wildman–Crippen MR) is 164 cm³/mol. The van der Waals surface area contributed by atoms with Crippen molar-refractivity contribution in [2.45, 2.75) is 62.9 Å². The summed E-state index contributed by atoms with van der Waals surface area (Å²) < 4.78 is 1.93. The van der Waals surface area contributed by atoms with Gasteiger partial charge in [0.05, 0.1) is 17.0 Å². The van der Waals surface area contributed by atoms with Crippen molar-refractivity contribution in [3.8, 4) is 22.8 Å². The molecule has 0 aliphatic heterocycles. The number of aromatic hydroxyl groups is 1. The summed E-state index contributed by atoms with van der Waals surface area (Å²) >= 11 is 1.34. The van der Waals surface area contributed by atoms with Crippen molar-refractivity contribution in [1.82, 2.24) is 14.8 Å². The first-order chi connectivity index (χ1) is 19.9. The van der Waals surface area contributed by atoms with Gasteiger partial charge >= 0.3 is 0 Å². The number of rotatable bonds is 7. The summed E-state index contributed by atoms with van der Waals surface area (Å²) in [6, 6.07) is 22.0. The van der Waals surface area contributed by atoms with E-state index in [-0.39, 0.29) is 17.4 Å². The van der Waals surface area contributed by atoms with Gasteiger partial charge in [-0.05, 0) is 117 Å². The average molecular weight is 565 g/mol. The molecule has 0 spiro atoms. The van der Waals surface area contributed by atoms with Crippen LogP contribution in [-0.2, 0) is 10.2 Å². The molecule has 4 bridgehead atoms. The van der Waals surface area contributed by atoms with E-state index >= 15 is 0 Å². The highest BCUT2D eigenvalue weighted by Gasteiger charge is 2.51. The lowest BCUT2D eigenvalue weighted by molar-refractivity contribution is -0.113. The van der Waals surface area contributed by atoms with Crippen molar-refractivity contribution >= 4 is 23.4 Å². The Hall–Kier alpha value is -3.58. The summed E-state index contributed by atoms with van der Waals surface area (Å²) in [5.41, 5.74) is 6.38. The van der Waals surface area contributed by atoms with E-state index in [0.29, 0.717) is 22.0 Å². The average Bonchev–Trinajstić information content (AvgIpc) is 3.35. The summed E-state index contributed by atoms with van der Waals surface area (Å²) in [5.74, 6) is 3.52. The Morgan fingerprint density at radius 2 is 1.63 bits per heavy atom. The van der Waals surface area contributed by atoms with E-state index in [9.17, 15) is 9.90 Å². The minimum Gasteiger partial charge on any atom is -0.507 e. The Bertz CT molecular complexity index is 1570. The van der Waals surface area contributed by atoms with Crippen LogP contribution in [0.4, 0.5) is 5.69 Å². The molecule has 0 radical (unpaired) electrons. The molecule has 1 aromatic heterocycles. The first-order valence-electron chi connectivity index (χ1n) is 14.7. The summed E-state index contributed by atoms with van der Waals surface area (Å²) in [5, 5.41) is 23.1. The van der Waals surface area contributed by atoms with Crippen LogP contribution in [0.1, 0.15) is 55.2 Å². The fourth-order valence-electron chi connectivity index (χ4n) is 8.17. The molecule has 4 fully saturated rings. The Labute approximate surface area is 245 Å². The van der Waals surface area contributed by atoms with Gasteiger partial charge in [0, 0.05) is 5.69 Å². The van der Waals surface area contributed by atoms with Crippen LogP contribution < -0.4 is 5.32 Å². The number of nitrogens with zero attached hydrogens (tertiary/aromatic N) is 3. The van der Waals surface area contributed by atoms with Gasteiger partial charge in [0.15, 0.2) is 11.0 Å². The molecule has 0 saturated heterocycles. The summed E-state index contributed by atoms with van der Waals surface area (Å²) in [4.78, 5) is 13.1. The number of anilines is 1. The van der Waals surface area contributed by atoms with Gasteiger partial charge in [-0.3, -0.25) is 9.36 Å². The van der Waals surface area contributed by atoms with Crippen LogP contribution in [0.2, 0.25) is 0 Å². The number of carbonyl (C=O) groups is 1. The molecular weight excluding hydrogens is 528 g/mol. The largest absolute Gasteiger partial charge is 0.507 e. The zero-order chi connectivity index (χ0) is 28.1. The van der Waals surface area contributed by atoms with Crippen LogP contribution in [0.25, 0.3) is 17.1 Å². The topological polar surface area (TPSA) is 80.0 Å². The number of phenolic OH excluding ortho intramolecular Hbond substituents is 1. The Morgan fingerprint density at radius 1 is 0.951 bits per heavy atom. The van der Waals surface area contributed by atoms with Crippen molar-refractivity contribution in [3.63, 3.8) is 0 Å². The van der Waals surface area contributed by atoms with E-state index in [2.05, 4.69) is 52.8 Å². The second-order valence-corrected chi connectivity index (χ2v) is 13.5. The number of carbonyl (C=O) groups excluding carboxylic acids is 1. The summed E-state index contributed by atoms with van der Waals surface area (Å²) in [6.07, 6.45) is 8.34. The Balaban J connectivity index is 1.08. The Kier molecular flexibility index (Phi) is 6.65. The standard InChI is InChI=1S/C34H36N4O2S/c1-21-7-12-29(22(2)13-21)38-32(28-5-3-4-6-30(28)39)36-37-33(38)41-20-31(40)35-27-10-8-26(9-11-27)34-17-23-14-24(18-34)16-25(15-23)19-34/h3-13,23-25,39H,14-20H2,1-2H3,(H,35,40). The highest BCUT2D eigenvalue weighted by Crippen LogP contribution is 2.60. The molecule has 1 amide bonds. The Morgan fingerprint density at radius 3 is 2.29 bits per heavy atom. The minimum atomic E-state index is -0.0863. The molecule has 6 nitrogen and oxygen atoms in total. The molecule has 4 aromatic rings. The van der Waals surface area contributed by atoms with Gasteiger partial charge in [-0.2, -0.15) is 0 Å². The molecule has 7 heteroatoms. The van der Waals surface area contributed by atoms with Gasteiger partial charge in [-0.25, -0.2) is 0 Å². The fraction of sp³-hybridized carbons (Fsp3) is 0.382. The quantitative estimate of drug-likeness (QED) is 0.228. The van der Waals surface area contributed by atoms with Crippen LogP contribution in [-0.4, -0.2) is 31.5 Å². The number of para-hydroxylation sites is 1. The van der Waals surface area contributed by atoms with Gasteiger partial charge in [0.2, 0.25) is 5.91 Å². The number of phenols is 1. The second-order valence-electron chi connectivity index (χ2n) is 12.6. The molecule has 8 rings (SSSR count). The SMILES string of the molecule is Cc1ccc(-n2c(SCC(=O)Nc3ccc(C45CC6CC(CC(C6)C4)C5)cc3)nnc2-c2ccccc2O)c(C)c1. The van der Waals surface area contributed by atoms with E-state index in [0.717, 1.165) is 40.3 Å². The molecule has 41 heavy (non-hydrogen) atoms. The van der Waals surface area contributed by atoms with Gasteiger partial charge in [-0.15, -0.1) is 10.2 Å². The first kappa shape index (κ1) is 26.3. The minimum absolute atomic E-state index is 0.0863. The number of amides is 1. The van der Waals surface area contributed by atoms with Crippen molar-refractivity contribution in [3.05, 3.63) is 83.4 Å². The smallest absolute Gasteiger partial charge is 0.234 e. The van der Waals surface area contributed by atoms with Crippen LogP contribution in [0, 0.1) is 31.6 Å². The lowest BCUT2D eigenvalue weighted by atomic mass is 9.48. The number of hydrogen-bond acceptors (Lipinski definition) is 5. The van der Waals surface area contributed by atoms with Crippen LogP contribution in [0.15, 0.2) is 71.9 Å². The number of nitrogens with one attached hydrogen (secondary N) is 1. The van der Waals surface area contributed by atoms with Gasteiger partial charge in [0.25, 0.3) is 0 Å². The fourth-order valence-corrected chi connectivity index (χ4v) is 8.92. The van der Waals surface area contributed by atoms with Gasteiger partial charge in [-0.1, -0.05) is 53.7 Å². The number of hydrogen-bond donors (Lipinski definition) is 2. The van der Waals surface area contributed by atoms with E-state index in [1.54, 1.807) is 12.1 Å². The monoisotopic (exact) mass is 564 g/mol. The van der Waals surface area contributed by atoms with E-state index in [1.807, 2.05) is 35.8 Å². The lowest BCUT2D eigenvalue weighted by Crippen LogP contribution is -2.48. The first-order valence-corrected chi connectivity index (χ1v) is 15.7. The molecule has 0 atom stereocenters. The zero-order valence-electron chi connectivity index (χ0n) is 23.6. The molecule has 4 saturated carbocycles. The molecule has 210 valence electrons. The summed E-state index contributed by atoms with van der Waals surface area (Å²) in [6.45, 7) is 4.10. The van der Waals surface area contributed by atoms with Crippen molar-refractivity contribution in [2.75, 3.05) is 11.1 Å². The maximum absolute atomic E-state index is 13.1. The zero-order valence-corrected chi connectivity index (χ0v) is 24.5. The number of aromatic nitrogens is 3. The number of thioether (sulfide) groups is 1. The summed E-state index contributed by atoms with van der Waals surface area (Å²) in [7, 11) is 0. The predicted octanol–water partition coefficient (Wildman–Crippen LogP) is 7.46. The molecule has 4 aliphatic carbocycles. The third kappa shape index (κ3) is 4.94. The number of benzene rings is 3. The molecule has 2 N–H and O–H groups in total. The van der Waals surface area contributed by atoms with E-state index < -0.39 is 0 Å². The lowest BCUT2D eigenvalue weighted by Gasteiger charge is -2.57. The third-order valence-electron chi connectivity index (χ3n) is 9.52. The number of aryl methyl sites for hydroxylation is 2. The van der Waals surface area contributed by atoms with Crippen molar-refractivity contribution in [1.29, 1.82) is 0 Å². The maximum atomic E-state index is 13.1. The van der Waals surface area contributed by atoms with Crippen molar-refractivity contribution < 1.29 is 9.90 Å². The van der Waals surface area contributed by atoms with Crippen molar-refractivity contribution in [2.24, 2.45) is 17.8 Å². The molecule has 0 unspecified atom stereocenters. The van der Waals surface area contributed by atoms with Gasteiger partial charge < -0.3 is 10.4 Å². The van der Waals surface area contributed by atoms with E-state index in [1.165, 1.54) is 55.9 Å². The molecule has 1 heterocycles. The highest BCUT2D eigenvalue weighted by molar-refractivity contribution is 7.99. The van der Waals surface area contributed by atoms with Crippen LogP contribution >= 0.6 is 11.8 Å². The molecule has 4 aliphatic rings. The maximum Gasteiger partial charge on any atom is 0.234 e. The third-order valence-corrected chi connectivity index (χ3v) is 10.5. The second kappa shape index (κ2) is 10.4. The van der Waals surface area contributed by atoms with Crippen LogP contribution in [0.5, 0.6) is 5.75 Å².